The molecule has 1 heterocycles. The lowest BCUT2D eigenvalue weighted by Gasteiger charge is -2.09. The van der Waals surface area contributed by atoms with E-state index in [9.17, 15) is 4.79 Å². The molecule has 0 spiro atoms. The van der Waals surface area contributed by atoms with Gasteiger partial charge in [0.05, 0.1) is 6.54 Å². The number of carbonyl (C=O) groups is 1. The minimum Gasteiger partial charge on any atom is -0.308 e. The average Bonchev–Trinajstić information content (AvgIpc) is 2.22. The first-order valence-corrected chi connectivity index (χ1v) is 5.45. The lowest BCUT2D eigenvalue weighted by atomic mass is 10.4. The van der Waals surface area contributed by atoms with Gasteiger partial charge < -0.3 is 10.6 Å². The molecule has 0 fully saturated rings. The Morgan fingerprint density at radius 1 is 1.44 bits per heavy atom. The largest absolute Gasteiger partial charge is 0.308 e. The highest BCUT2D eigenvalue weighted by atomic mass is 35.5. The molecule has 0 unspecified atom stereocenters. The van der Waals surface area contributed by atoms with Gasteiger partial charge in [0.15, 0.2) is 11.0 Å². The highest BCUT2D eigenvalue weighted by molar-refractivity contribution is 6.42. The van der Waals surface area contributed by atoms with Gasteiger partial charge in [-0.2, -0.15) is 0 Å². The molecule has 0 bridgehead atoms. The molecule has 0 radical (unpaired) electrons. The smallest absolute Gasteiger partial charge is 0.239 e. The molecule has 1 aromatic rings. The summed E-state index contributed by atoms with van der Waals surface area (Å²) in [5.41, 5.74) is 0. The molecule has 0 aliphatic rings. The molecule has 1 rings (SSSR count). The molecule has 7 heteroatoms. The maximum absolute atomic E-state index is 11.4. The van der Waals surface area contributed by atoms with Gasteiger partial charge in [0.2, 0.25) is 5.91 Å². The van der Waals surface area contributed by atoms with Crippen molar-refractivity contribution < 1.29 is 4.79 Å². The van der Waals surface area contributed by atoms with Gasteiger partial charge in [-0.15, -0.1) is 0 Å². The van der Waals surface area contributed by atoms with Crippen LogP contribution in [0.25, 0.3) is 0 Å². The van der Waals surface area contributed by atoms with Gasteiger partial charge in [0.25, 0.3) is 0 Å². The van der Waals surface area contributed by atoms with Gasteiger partial charge in [-0.25, -0.2) is 9.97 Å². The maximum Gasteiger partial charge on any atom is 0.239 e. The summed E-state index contributed by atoms with van der Waals surface area (Å²) in [7, 11) is 0. The van der Waals surface area contributed by atoms with Crippen LogP contribution in [-0.2, 0) is 4.79 Å². The molecule has 0 atom stereocenters. The van der Waals surface area contributed by atoms with E-state index in [4.69, 9.17) is 23.2 Å². The van der Waals surface area contributed by atoms with Crippen LogP contribution in [0, 0.1) is 0 Å². The standard InChI is InChI=1S/C9H12Cl2N4O/c1-5(2)12-3-6(16)15-9-7(10)8(11)13-4-14-9/h4-5,12H,3H2,1-2H3,(H,13,14,15,16). The summed E-state index contributed by atoms with van der Waals surface area (Å²) in [5.74, 6) is -0.0115. The zero-order valence-electron chi connectivity index (χ0n) is 8.92. The van der Waals surface area contributed by atoms with Crippen LogP contribution in [0.3, 0.4) is 0 Å². The van der Waals surface area contributed by atoms with Gasteiger partial charge in [0.1, 0.15) is 11.3 Å². The number of halogens is 2. The van der Waals surface area contributed by atoms with Crippen molar-refractivity contribution in [3.8, 4) is 0 Å². The molecule has 0 aliphatic heterocycles. The Morgan fingerprint density at radius 3 is 2.75 bits per heavy atom. The summed E-state index contributed by atoms with van der Waals surface area (Å²) in [6.07, 6.45) is 1.24. The van der Waals surface area contributed by atoms with Crippen molar-refractivity contribution in [1.29, 1.82) is 0 Å². The lowest BCUT2D eigenvalue weighted by molar-refractivity contribution is -0.115. The molecular weight excluding hydrogens is 251 g/mol. The third kappa shape index (κ3) is 3.92. The fourth-order valence-corrected chi connectivity index (χ4v) is 1.19. The van der Waals surface area contributed by atoms with Crippen LogP contribution in [-0.4, -0.2) is 28.5 Å². The number of amides is 1. The van der Waals surface area contributed by atoms with Crippen LogP contribution in [0.5, 0.6) is 0 Å². The zero-order valence-corrected chi connectivity index (χ0v) is 10.4. The first kappa shape index (κ1) is 13.2. The minimum absolute atomic E-state index is 0.115. The van der Waals surface area contributed by atoms with Gasteiger partial charge in [-0.05, 0) is 0 Å². The minimum atomic E-state index is -0.231. The van der Waals surface area contributed by atoms with Crippen LogP contribution in [0.15, 0.2) is 6.33 Å². The van der Waals surface area contributed by atoms with Crippen LogP contribution >= 0.6 is 23.2 Å². The third-order valence-corrected chi connectivity index (χ3v) is 2.42. The normalized spacial score (nSPS) is 10.6. The molecular formula is C9H12Cl2N4O. The summed E-state index contributed by atoms with van der Waals surface area (Å²) in [6, 6.07) is 0.232. The molecule has 0 saturated carbocycles. The molecule has 88 valence electrons. The molecule has 5 nitrogen and oxygen atoms in total. The van der Waals surface area contributed by atoms with E-state index < -0.39 is 0 Å². The predicted molar refractivity (Wildman–Crippen MR) is 63.8 cm³/mol. The Kier molecular flexibility index (Phi) is 4.92. The first-order valence-electron chi connectivity index (χ1n) is 4.70. The van der Waals surface area contributed by atoms with E-state index in [0.717, 1.165) is 0 Å². The van der Waals surface area contributed by atoms with E-state index in [1.807, 2.05) is 13.8 Å². The van der Waals surface area contributed by atoms with Crippen LogP contribution in [0.1, 0.15) is 13.8 Å². The number of hydrogen-bond donors (Lipinski definition) is 2. The topological polar surface area (TPSA) is 66.9 Å². The van der Waals surface area contributed by atoms with Gasteiger partial charge in [-0.1, -0.05) is 37.0 Å². The van der Waals surface area contributed by atoms with Crippen molar-refractivity contribution in [2.45, 2.75) is 19.9 Å². The number of rotatable bonds is 4. The summed E-state index contributed by atoms with van der Waals surface area (Å²) in [4.78, 5) is 18.9. The van der Waals surface area contributed by atoms with E-state index >= 15 is 0 Å². The molecule has 1 aromatic heterocycles. The number of nitrogens with one attached hydrogen (secondary N) is 2. The lowest BCUT2D eigenvalue weighted by Crippen LogP contribution is -2.32. The van der Waals surface area contributed by atoms with Crippen molar-refractivity contribution in [2.75, 3.05) is 11.9 Å². The van der Waals surface area contributed by atoms with Crippen LogP contribution in [0.4, 0.5) is 5.82 Å². The fourth-order valence-electron chi connectivity index (χ4n) is 0.909. The van der Waals surface area contributed by atoms with Crippen molar-refractivity contribution in [3.63, 3.8) is 0 Å². The van der Waals surface area contributed by atoms with Crippen molar-refractivity contribution in [3.05, 3.63) is 16.5 Å². The highest BCUT2D eigenvalue weighted by Crippen LogP contribution is 2.24. The predicted octanol–water partition coefficient (Wildman–Crippen LogP) is 1.72. The maximum atomic E-state index is 11.4. The van der Waals surface area contributed by atoms with E-state index in [2.05, 4.69) is 20.6 Å². The Labute approximate surface area is 104 Å². The molecule has 1 amide bonds. The first-order chi connectivity index (χ1) is 7.50. The number of hydrogen-bond acceptors (Lipinski definition) is 4. The average molecular weight is 263 g/mol. The van der Waals surface area contributed by atoms with Gasteiger partial charge in [-0.3, -0.25) is 4.79 Å². The number of carbonyl (C=O) groups excluding carboxylic acids is 1. The number of aromatic nitrogens is 2. The molecule has 16 heavy (non-hydrogen) atoms. The summed E-state index contributed by atoms with van der Waals surface area (Å²) in [5, 5.41) is 5.76. The summed E-state index contributed by atoms with van der Waals surface area (Å²) >= 11 is 11.5. The zero-order chi connectivity index (χ0) is 12.1. The van der Waals surface area contributed by atoms with Crippen molar-refractivity contribution in [1.82, 2.24) is 15.3 Å². The van der Waals surface area contributed by atoms with Crippen molar-refractivity contribution >= 4 is 34.9 Å². The Hall–Kier alpha value is -0.910. The summed E-state index contributed by atoms with van der Waals surface area (Å²) < 4.78 is 0. The Balaban J connectivity index is 2.59. The fraction of sp³-hybridized carbons (Fsp3) is 0.444. The molecule has 2 N–H and O–H groups in total. The third-order valence-electron chi connectivity index (χ3n) is 1.68. The van der Waals surface area contributed by atoms with Crippen molar-refractivity contribution in [2.24, 2.45) is 0 Å². The second-order valence-corrected chi connectivity index (χ2v) is 4.15. The highest BCUT2D eigenvalue weighted by Gasteiger charge is 2.10. The second-order valence-electron chi connectivity index (χ2n) is 3.41. The number of anilines is 1. The number of nitrogens with zero attached hydrogens (tertiary/aromatic N) is 2. The Bertz CT molecular complexity index is 384. The van der Waals surface area contributed by atoms with E-state index in [1.165, 1.54) is 6.33 Å². The molecule has 0 saturated heterocycles. The second kappa shape index (κ2) is 5.98. The SMILES string of the molecule is CC(C)NCC(=O)Nc1ncnc(Cl)c1Cl. The van der Waals surface area contributed by atoms with E-state index in [0.29, 0.717) is 0 Å². The van der Waals surface area contributed by atoms with Gasteiger partial charge >= 0.3 is 0 Å². The quantitative estimate of drug-likeness (QED) is 0.812. The Morgan fingerprint density at radius 2 is 2.12 bits per heavy atom. The molecule has 0 aromatic carbocycles. The van der Waals surface area contributed by atoms with Gasteiger partial charge in [0, 0.05) is 6.04 Å². The summed E-state index contributed by atoms with van der Waals surface area (Å²) in [6.45, 7) is 4.08. The molecule has 0 aliphatic carbocycles. The van der Waals surface area contributed by atoms with Crippen LogP contribution < -0.4 is 10.6 Å². The van der Waals surface area contributed by atoms with Crippen LogP contribution in [0.2, 0.25) is 10.2 Å². The van der Waals surface area contributed by atoms with E-state index in [1.54, 1.807) is 0 Å². The monoisotopic (exact) mass is 262 g/mol. The van der Waals surface area contributed by atoms with E-state index in [-0.39, 0.29) is 34.5 Å².